The molecule has 49 heavy (non-hydrogen) atoms. The van der Waals surface area contributed by atoms with E-state index in [9.17, 15) is 23.2 Å². The van der Waals surface area contributed by atoms with Crippen LogP contribution < -0.4 is 21.5 Å². The molecule has 4 heterocycles. The normalized spacial score (nSPS) is 17.9. The lowest BCUT2D eigenvalue weighted by Crippen LogP contribution is -2.50. The lowest BCUT2D eigenvalue weighted by Gasteiger charge is -2.33. The standard InChI is InChI=1S/C35H36F2N8O4/c1-43-31-27(9-20(11-29(31)49-2)35(48)44-16-21(36)12-22(38)17-44)42-34(43)28-10-19-5-6-24(41-33(19)45(28)15-18-3-4-18)14-30(46)40-23-7-8-25(32(39)47)26(37)13-23/h5-11,13,18,21-22H,3-4,12,14-17,38H2,1-2H3,(H2,39,47)(H,40,46)/t21-,22-/m1/s1. The Balaban J connectivity index is 1.22. The molecule has 2 fully saturated rings. The Bertz CT molecular complexity index is 2130. The first-order valence-electron chi connectivity index (χ1n) is 16.1. The number of pyridine rings is 1. The van der Waals surface area contributed by atoms with Crippen LogP contribution in [0.4, 0.5) is 14.5 Å². The molecule has 0 radical (unpaired) electrons. The fraction of sp³-hybridized carbons (Fsp3) is 0.343. The number of likely N-dealkylation sites (tertiary alicyclic amines) is 1. The van der Waals surface area contributed by atoms with Gasteiger partial charge in [-0.15, -0.1) is 0 Å². The van der Waals surface area contributed by atoms with E-state index in [1.54, 1.807) is 18.2 Å². The highest BCUT2D eigenvalue weighted by molar-refractivity contribution is 6.00. The minimum atomic E-state index is -1.18. The minimum absolute atomic E-state index is 0.0130. The summed E-state index contributed by atoms with van der Waals surface area (Å²) in [7, 11) is 3.41. The number of alkyl halides is 1. The van der Waals surface area contributed by atoms with E-state index in [2.05, 4.69) is 9.88 Å². The number of imidazole rings is 1. The number of nitrogens with one attached hydrogen (secondary N) is 1. The molecule has 5 aromatic rings. The first-order chi connectivity index (χ1) is 23.5. The van der Waals surface area contributed by atoms with Crippen LogP contribution in [0.25, 0.3) is 33.6 Å². The molecule has 1 saturated heterocycles. The van der Waals surface area contributed by atoms with Gasteiger partial charge in [-0.05, 0) is 73.7 Å². The third-order valence-corrected chi connectivity index (χ3v) is 9.15. The number of hydrogen-bond acceptors (Lipinski definition) is 7. The van der Waals surface area contributed by atoms with Gasteiger partial charge in [-0.2, -0.15) is 0 Å². The van der Waals surface area contributed by atoms with Gasteiger partial charge < -0.3 is 35.6 Å². The molecule has 2 atom stereocenters. The number of fused-ring (bicyclic) bond motifs is 2. The Morgan fingerprint density at radius 2 is 1.86 bits per heavy atom. The van der Waals surface area contributed by atoms with Crippen LogP contribution in [0.15, 0.2) is 48.5 Å². The molecule has 2 aliphatic rings. The van der Waals surface area contributed by atoms with Crippen LogP contribution in [-0.2, 0) is 24.8 Å². The Morgan fingerprint density at radius 3 is 2.55 bits per heavy atom. The fourth-order valence-corrected chi connectivity index (χ4v) is 6.60. The molecule has 5 N–H and O–H groups in total. The van der Waals surface area contributed by atoms with Gasteiger partial charge in [0.25, 0.3) is 11.8 Å². The SMILES string of the molecule is COc1cc(C(=O)N2C[C@H](N)C[C@@H](F)C2)cc2nc(-c3cc4ccc(CC(=O)Nc5ccc(C(N)=O)c(F)c5)nc4n3CC3CC3)n(C)c12. The molecule has 254 valence electrons. The highest BCUT2D eigenvalue weighted by Gasteiger charge is 2.31. The van der Waals surface area contributed by atoms with Crippen molar-refractivity contribution < 1.29 is 27.9 Å². The maximum atomic E-state index is 14.3. The molecular formula is C35H36F2N8O4. The third kappa shape index (κ3) is 6.31. The number of nitrogens with zero attached hydrogens (tertiary/aromatic N) is 5. The van der Waals surface area contributed by atoms with Gasteiger partial charge in [0, 0.05) is 42.8 Å². The van der Waals surface area contributed by atoms with Gasteiger partial charge in [0.1, 0.15) is 28.9 Å². The quantitative estimate of drug-likeness (QED) is 0.214. The number of piperidine rings is 1. The van der Waals surface area contributed by atoms with Crippen LogP contribution in [0.3, 0.4) is 0 Å². The molecule has 2 aromatic carbocycles. The molecular weight excluding hydrogens is 634 g/mol. The number of primary amides is 1. The van der Waals surface area contributed by atoms with E-state index in [4.69, 9.17) is 26.2 Å². The Hall–Kier alpha value is -5.37. The summed E-state index contributed by atoms with van der Waals surface area (Å²) in [5, 5.41) is 3.51. The van der Waals surface area contributed by atoms with Crippen molar-refractivity contribution in [3.05, 3.63) is 71.2 Å². The molecule has 3 aromatic heterocycles. The highest BCUT2D eigenvalue weighted by atomic mass is 19.1. The van der Waals surface area contributed by atoms with Crippen molar-refractivity contribution in [2.75, 3.05) is 25.5 Å². The number of benzene rings is 2. The first-order valence-corrected chi connectivity index (χ1v) is 16.1. The third-order valence-electron chi connectivity index (χ3n) is 9.15. The average molecular weight is 671 g/mol. The van der Waals surface area contributed by atoms with Gasteiger partial charge in [-0.1, -0.05) is 0 Å². The molecule has 0 bridgehead atoms. The number of carbonyl (C=O) groups excluding carboxylic acids is 3. The zero-order valence-electron chi connectivity index (χ0n) is 27.1. The van der Waals surface area contributed by atoms with Crippen molar-refractivity contribution in [3.8, 4) is 17.3 Å². The van der Waals surface area contributed by atoms with Crippen molar-refractivity contribution in [2.24, 2.45) is 24.4 Å². The van der Waals surface area contributed by atoms with E-state index in [-0.39, 0.29) is 43.1 Å². The topological polar surface area (TPSA) is 163 Å². The number of nitrogens with two attached hydrogens (primary N) is 2. The summed E-state index contributed by atoms with van der Waals surface area (Å²) in [6.45, 7) is 0.963. The minimum Gasteiger partial charge on any atom is -0.494 e. The van der Waals surface area contributed by atoms with Crippen LogP contribution in [0.2, 0.25) is 0 Å². The van der Waals surface area contributed by atoms with Gasteiger partial charge in [0.15, 0.2) is 5.82 Å². The van der Waals surface area contributed by atoms with E-state index in [1.807, 2.05) is 23.7 Å². The lowest BCUT2D eigenvalue weighted by atomic mass is 10.0. The Labute approximate surface area is 280 Å². The predicted molar refractivity (Wildman–Crippen MR) is 179 cm³/mol. The van der Waals surface area contributed by atoms with Crippen LogP contribution in [0, 0.1) is 11.7 Å². The molecule has 1 aliphatic heterocycles. The Morgan fingerprint density at radius 1 is 1.06 bits per heavy atom. The van der Waals surface area contributed by atoms with Crippen molar-refractivity contribution in [2.45, 2.75) is 44.4 Å². The van der Waals surface area contributed by atoms with Crippen LogP contribution in [0.1, 0.15) is 45.7 Å². The van der Waals surface area contributed by atoms with Crippen molar-refractivity contribution in [1.29, 1.82) is 0 Å². The lowest BCUT2D eigenvalue weighted by molar-refractivity contribution is -0.115. The molecule has 7 rings (SSSR count). The smallest absolute Gasteiger partial charge is 0.254 e. The second-order valence-corrected chi connectivity index (χ2v) is 12.9. The maximum absolute atomic E-state index is 14.3. The number of amides is 3. The van der Waals surface area contributed by atoms with E-state index in [0.717, 1.165) is 30.0 Å². The molecule has 3 amide bonds. The number of methoxy groups -OCH3 is 1. The second-order valence-electron chi connectivity index (χ2n) is 12.9. The van der Waals surface area contributed by atoms with E-state index < -0.39 is 29.8 Å². The number of rotatable bonds is 9. The molecule has 0 unspecified atom stereocenters. The van der Waals surface area contributed by atoms with Crippen molar-refractivity contribution >= 4 is 45.5 Å². The Kier molecular flexibility index (Phi) is 8.27. The highest BCUT2D eigenvalue weighted by Crippen LogP contribution is 2.38. The number of aryl methyl sites for hydroxylation is 1. The van der Waals surface area contributed by atoms with E-state index in [0.29, 0.717) is 52.0 Å². The summed E-state index contributed by atoms with van der Waals surface area (Å²) in [6.07, 6.45) is 1.17. The number of hydrogen-bond donors (Lipinski definition) is 3. The second kappa shape index (κ2) is 12.6. The summed E-state index contributed by atoms with van der Waals surface area (Å²) in [5.74, 6) is -0.872. The van der Waals surface area contributed by atoms with Crippen molar-refractivity contribution in [3.63, 3.8) is 0 Å². The van der Waals surface area contributed by atoms with Gasteiger partial charge in [-0.3, -0.25) is 14.4 Å². The molecule has 14 heteroatoms. The van der Waals surface area contributed by atoms with Crippen LogP contribution in [-0.4, -0.2) is 74.1 Å². The van der Waals surface area contributed by atoms with Crippen LogP contribution >= 0.6 is 0 Å². The zero-order chi connectivity index (χ0) is 34.6. The monoisotopic (exact) mass is 670 g/mol. The number of halogens is 2. The van der Waals surface area contributed by atoms with Gasteiger partial charge in [-0.25, -0.2) is 18.7 Å². The summed E-state index contributed by atoms with van der Waals surface area (Å²) < 4.78 is 38.3. The molecule has 0 spiro atoms. The number of aromatic nitrogens is 4. The first kappa shape index (κ1) is 32.2. The summed E-state index contributed by atoms with van der Waals surface area (Å²) in [4.78, 5) is 49.0. The van der Waals surface area contributed by atoms with E-state index >= 15 is 0 Å². The summed E-state index contributed by atoms with van der Waals surface area (Å²) >= 11 is 0. The van der Waals surface area contributed by atoms with E-state index in [1.165, 1.54) is 24.1 Å². The van der Waals surface area contributed by atoms with Gasteiger partial charge >= 0.3 is 0 Å². The number of ether oxygens (including phenoxy) is 1. The fourth-order valence-electron chi connectivity index (χ4n) is 6.60. The maximum Gasteiger partial charge on any atom is 0.254 e. The molecule has 1 saturated carbocycles. The molecule has 1 aliphatic carbocycles. The molecule has 12 nitrogen and oxygen atoms in total. The van der Waals surface area contributed by atoms with Crippen LogP contribution in [0.5, 0.6) is 5.75 Å². The predicted octanol–water partition coefficient (Wildman–Crippen LogP) is 3.94. The van der Waals surface area contributed by atoms with Gasteiger partial charge in [0.05, 0.1) is 42.5 Å². The van der Waals surface area contributed by atoms with Gasteiger partial charge in [0.2, 0.25) is 5.91 Å². The number of anilines is 1. The largest absolute Gasteiger partial charge is 0.494 e. The zero-order valence-corrected chi connectivity index (χ0v) is 27.1. The summed E-state index contributed by atoms with van der Waals surface area (Å²) in [5.41, 5.74) is 14.7. The summed E-state index contributed by atoms with van der Waals surface area (Å²) in [6, 6.07) is 12.3. The van der Waals surface area contributed by atoms with Crippen molar-refractivity contribution in [1.82, 2.24) is 24.0 Å². The number of carbonyl (C=O) groups is 3. The average Bonchev–Trinajstić information content (AvgIpc) is 3.73.